The van der Waals surface area contributed by atoms with E-state index in [1.807, 2.05) is 0 Å². The van der Waals surface area contributed by atoms with Crippen molar-refractivity contribution in [1.82, 2.24) is 0 Å². The molecule has 0 amide bonds. The minimum Gasteiger partial charge on any atom is -0.0748 e. The van der Waals surface area contributed by atoms with Gasteiger partial charge < -0.3 is 0 Å². The first-order valence-corrected chi connectivity index (χ1v) is 16.4. The van der Waals surface area contributed by atoms with Gasteiger partial charge in [-0.15, -0.1) is 0 Å². The lowest BCUT2D eigenvalue weighted by atomic mass is 10.0. The Kier molecular flexibility index (Phi) is 14.9. The Labute approximate surface area is 215 Å². The van der Waals surface area contributed by atoms with Crippen molar-refractivity contribution in [3.8, 4) is 0 Å². The van der Waals surface area contributed by atoms with E-state index in [-0.39, 0.29) is 9.52 Å². The van der Waals surface area contributed by atoms with E-state index in [2.05, 4.69) is 58.9 Å². The number of hydrogen-bond acceptors (Lipinski definition) is 0. The Morgan fingerprint density at radius 3 is 1.65 bits per heavy atom. The Bertz CT molecular complexity index is 754. The first-order chi connectivity index (χ1) is 16.5. The van der Waals surface area contributed by atoms with E-state index in [9.17, 15) is 0 Å². The summed E-state index contributed by atoms with van der Waals surface area (Å²) in [5.74, 6) is 0.663. The van der Waals surface area contributed by atoms with Crippen LogP contribution in [0.15, 0.2) is 40.6 Å². The van der Waals surface area contributed by atoms with E-state index in [0.717, 1.165) is 0 Å². The molecule has 1 aliphatic carbocycles. The van der Waals surface area contributed by atoms with Crippen LogP contribution in [0.3, 0.4) is 0 Å². The van der Waals surface area contributed by atoms with Gasteiger partial charge in [-0.2, -0.15) is 0 Å². The fourth-order valence-corrected chi connectivity index (χ4v) is 8.15. The minimum absolute atomic E-state index is 0.351. The number of hydrogen-bond donors (Lipinski definition) is 0. The van der Waals surface area contributed by atoms with Gasteiger partial charge in [0.15, 0.2) is 0 Å². The van der Waals surface area contributed by atoms with E-state index >= 15 is 0 Å². The maximum absolute atomic E-state index is 2.47. The summed E-state index contributed by atoms with van der Waals surface area (Å²) in [4.78, 5) is 0. The van der Waals surface area contributed by atoms with E-state index in [1.165, 1.54) is 120 Å². The van der Waals surface area contributed by atoms with Crippen LogP contribution in [-0.2, 0) is 6.42 Å². The van der Waals surface area contributed by atoms with E-state index in [4.69, 9.17) is 0 Å². The highest BCUT2D eigenvalue weighted by molar-refractivity contribution is 6.62. The van der Waals surface area contributed by atoms with Gasteiger partial charge in [-0.05, 0) is 50.7 Å². The zero-order valence-corrected chi connectivity index (χ0v) is 25.0. The third-order valence-electron chi connectivity index (χ3n) is 8.29. The lowest BCUT2D eigenvalue weighted by Gasteiger charge is -2.16. The second-order valence-electron chi connectivity index (χ2n) is 11.2. The van der Waals surface area contributed by atoms with Gasteiger partial charge >= 0.3 is 0 Å². The normalized spacial score (nSPS) is 16.3. The third-order valence-corrected chi connectivity index (χ3v) is 10.9. The molecule has 0 radical (unpaired) electrons. The molecule has 0 N–H and O–H groups in total. The van der Waals surface area contributed by atoms with Crippen molar-refractivity contribution in [2.45, 2.75) is 144 Å². The summed E-state index contributed by atoms with van der Waals surface area (Å²) in [5.41, 5.74) is 6.33. The van der Waals surface area contributed by atoms with Crippen molar-refractivity contribution < 1.29 is 0 Å². The molecule has 0 nitrogen and oxygen atoms in total. The maximum atomic E-state index is 2.47. The van der Waals surface area contributed by atoms with Gasteiger partial charge in [0.05, 0.1) is 9.52 Å². The van der Waals surface area contributed by atoms with Crippen molar-refractivity contribution in [3.05, 3.63) is 51.7 Å². The summed E-state index contributed by atoms with van der Waals surface area (Å²) in [6.07, 6.45) is 26.9. The zero-order valence-electron chi connectivity index (χ0n) is 23.6. The van der Waals surface area contributed by atoms with Crippen molar-refractivity contribution in [2.75, 3.05) is 0 Å². The van der Waals surface area contributed by atoms with Crippen LogP contribution in [0.1, 0.15) is 142 Å². The van der Waals surface area contributed by atoms with E-state index in [1.54, 1.807) is 21.5 Å². The molecular formula is C33H56Si. The summed E-state index contributed by atoms with van der Waals surface area (Å²) in [7, 11) is -0.351. The highest BCUT2D eigenvalue weighted by atomic mass is 28.2. The number of unbranched alkanes of at least 4 members (excludes halogenated alkanes) is 15. The van der Waals surface area contributed by atoms with Crippen molar-refractivity contribution in [3.63, 3.8) is 0 Å². The highest BCUT2D eigenvalue weighted by Crippen LogP contribution is 2.29. The highest BCUT2D eigenvalue weighted by Gasteiger charge is 2.19. The van der Waals surface area contributed by atoms with Crippen molar-refractivity contribution >= 4 is 14.7 Å². The van der Waals surface area contributed by atoms with Crippen LogP contribution in [0, 0.1) is 12.8 Å². The van der Waals surface area contributed by atoms with Crippen molar-refractivity contribution in [2.24, 2.45) is 5.92 Å². The predicted molar refractivity (Wildman–Crippen MR) is 158 cm³/mol. The SMILES string of the molecule is CCCCCCCCCCCCCCCCCCc1c(C)cccc1[SiH2]C1=C(C)C(C)=CC1C. The molecule has 0 aromatic heterocycles. The monoisotopic (exact) mass is 480 g/mol. The number of allylic oxidation sites excluding steroid dienone is 4. The van der Waals surface area contributed by atoms with Gasteiger partial charge in [0, 0.05) is 0 Å². The van der Waals surface area contributed by atoms with E-state index < -0.39 is 0 Å². The molecule has 1 aliphatic rings. The van der Waals surface area contributed by atoms with Gasteiger partial charge in [0.25, 0.3) is 0 Å². The van der Waals surface area contributed by atoms with Gasteiger partial charge in [0.2, 0.25) is 0 Å². The Hall–Kier alpha value is -1.08. The number of aryl methyl sites for hydroxylation is 1. The number of rotatable bonds is 19. The second-order valence-corrected chi connectivity index (χ2v) is 13.1. The summed E-state index contributed by atoms with van der Waals surface area (Å²) < 4.78 is 0. The molecule has 0 fully saturated rings. The molecule has 0 aliphatic heterocycles. The smallest absolute Gasteiger partial charge is 0.0748 e. The van der Waals surface area contributed by atoms with Crippen molar-refractivity contribution in [1.29, 1.82) is 0 Å². The van der Waals surface area contributed by atoms with Gasteiger partial charge in [-0.3, -0.25) is 0 Å². The molecule has 0 bridgehead atoms. The van der Waals surface area contributed by atoms with Crippen LogP contribution in [0.25, 0.3) is 0 Å². The molecule has 1 heteroatoms. The lowest BCUT2D eigenvalue weighted by molar-refractivity contribution is 0.529. The zero-order chi connectivity index (χ0) is 24.6. The van der Waals surface area contributed by atoms with Gasteiger partial charge in [0.1, 0.15) is 0 Å². The molecule has 2 rings (SSSR count). The lowest BCUT2D eigenvalue weighted by Crippen LogP contribution is -2.24. The molecule has 1 atom stereocenters. The van der Waals surface area contributed by atoms with Crippen LogP contribution < -0.4 is 5.19 Å². The summed E-state index contributed by atoms with van der Waals surface area (Å²) in [6, 6.07) is 7.08. The van der Waals surface area contributed by atoms with Crippen LogP contribution >= 0.6 is 0 Å². The fraction of sp³-hybridized carbons (Fsp3) is 0.697. The topological polar surface area (TPSA) is 0 Å². The molecule has 1 aromatic carbocycles. The molecule has 0 heterocycles. The molecule has 1 aromatic rings. The first kappa shape index (κ1) is 29.1. The Morgan fingerprint density at radius 1 is 0.676 bits per heavy atom. The quantitative estimate of drug-likeness (QED) is 0.137. The molecule has 0 saturated heterocycles. The van der Waals surface area contributed by atoms with Crippen LogP contribution in [0.5, 0.6) is 0 Å². The first-order valence-electron chi connectivity index (χ1n) is 15.0. The van der Waals surface area contributed by atoms with Crippen LogP contribution in [-0.4, -0.2) is 9.52 Å². The molecule has 192 valence electrons. The average Bonchev–Trinajstić information content (AvgIpc) is 3.06. The van der Waals surface area contributed by atoms with Gasteiger partial charge in [-0.25, -0.2) is 0 Å². The minimum atomic E-state index is -0.351. The molecule has 0 saturated carbocycles. The Balaban J connectivity index is 1.54. The Morgan fingerprint density at radius 2 is 1.18 bits per heavy atom. The summed E-state index contributed by atoms with van der Waals surface area (Å²) in [5, 5.41) is 3.49. The van der Waals surface area contributed by atoms with Gasteiger partial charge in [-0.1, -0.05) is 156 Å². The second kappa shape index (κ2) is 17.4. The number of benzene rings is 1. The summed E-state index contributed by atoms with van der Waals surface area (Å²) >= 11 is 0. The fourth-order valence-electron chi connectivity index (χ4n) is 5.83. The van der Waals surface area contributed by atoms with Crippen LogP contribution in [0.2, 0.25) is 0 Å². The molecule has 0 spiro atoms. The molecule has 34 heavy (non-hydrogen) atoms. The van der Waals surface area contributed by atoms with E-state index in [0.29, 0.717) is 5.92 Å². The summed E-state index contributed by atoms with van der Waals surface area (Å²) in [6.45, 7) is 11.7. The standard InChI is InChI=1S/C33H56Si/c1-6-7-8-9-10-11-12-13-14-15-16-17-18-19-20-21-24-31-27(2)23-22-25-32(31)34-33-29(4)26-28(3)30(33)5/h22-23,25-26,29H,6-21,24,34H2,1-5H3. The average molecular weight is 481 g/mol. The maximum Gasteiger partial charge on any atom is 0.0839 e. The molecular weight excluding hydrogens is 424 g/mol. The molecule has 1 unspecified atom stereocenters. The third kappa shape index (κ3) is 10.7. The largest absolute Gasteiger partial charge is 0.0839 e. The van der Waals surface area contributed by atoms with Crippen LogP contribution in [0.4, 0.5) is 0 Å². The predicted octanol–water partition coefficient (Wildman–Crippen LogP) is 9.46.